The predicted octanol–water partition coefficient (Wildman–Crippen LogP) is -0.101. The van der Waals surface area contributed by atoms with Crippen LogP contribution in [0.5, 0.6) is 0 Å². The van der Waals surface area contributed by atoms with E-state index in [1.807, 2.05) is 0 Å². The van der Waals surface area contributed by atoms with Gasteiger partial charge in [0.2, 0.25) is 0 Å². The average molecular weight is 199 g/mol. The van der Waals surface area contributed by atoms with Crippen LogP contribution in [-0.4, -0.2) is 27.7 Å². The summed E-state index contributed by atoms with van der Waals surface area (Å²) >= 11 is 0. The van der Waals surface area contributed by atoms with Gasteiger partial charge in [0.05, 0.1) is 5.92 Å². The smallest absolute Gasteiger partial charge is 0.324 e. The summed E-state index contributed by atoms with van der Waals surface area (Å²) in [5.74, 6) is -3.06. The van der Waals surface area contributed by atoms with E-state index >= 15 is 0 Å². The molecule has 0 aromatic heterocycles. The van der Waals surface area contributed by atoms with Gasteiger partial charge in [0, 0.05) is 5.92 Å². The molecule has 5 heteroatoms. The molecule has 0 unspecified atom stereocenters. The summed E-state index contributed by atoms with van der Waals surface area (Å²) in [5.41, 5.74) is 4.53. The zero-order chi connectivity index (χ0) is 10.5. The molecule has 0 saturated heterocycles. The third kappa shape index (κ3) is 0.930. The lowest BCUT2D eigenvalue weighted by Crippen LogP contribution is -2.53. The molecule has 2 bridgehead atoms. The van der Waals surface area contributed by atoms with Crippen molar-refractivity contribution in [1.82, 2.24) is 0 Å². The van der Waals surface area contributed by atoms with Crippen molar-refractivity contribution in [2.75, 3.05) is 0 Å². The van der Waals surface area contributed by atoms with Crippen LogP contribution in [0.2, 0.25) is 0 Å². The van der Waals surface area contributed by atoms with E-state index in [4.69, 9.17) is 15.9 Å². The summed E-state index contributed by atoms with van der Waals surface area (Å²) < 4.78 is 0. The topological polar surface area (TPSA) is 101 Å². The van der Waals surface area contributed by atoms with E-state index in [9.17, 15) is 9.59 Å². The van der Waals surface area contributed by atoms with Crippen molar-refractivity contribution in [2.24, 2.45) is 23.5 Å². The lowest BCUT2D eigenvalue weighted by Gasteiger charge is -2.24. The Morgan fingerprint density at radius 1 is 1.29 bits per heavy atom. The van der Waals surface area contributed by atoms with Gasteiger partial charge in [-0.1, -0.05) is 0 Å². The lowest BCUT2D eigenvalue weighted by atomic mass is 9.85. The minimum absolute atomic E-state index is 0.161. The molecule has 2 rings (SSSR count). The normalized spacial score (nSPS) is 45.4. The molecule has 2 fully saturated rings. The zero-order valence-corrected chi connectivity index (χ0v) is 7.64. The van der Waals surface area contributed by atoms with Gasteiger partial charge in [0.1, 0.15) is 5.54 Å². The fourth-order valence-corrected chi connectivity index (χ4v) is 3.09. The molecule has 0 heterocycles. The van der Waals surface area contributed by atoms with Crippen molar-refractivity contribution in [3.05, 3.63) is 0 Å². The highest BCUT2D eigenvalue weighted by Crippen LogP contribution is 2.54. The first-order chi connectivity index (χ1) is 6.48. The minimum atomic E-state index is -1.29. The monoisotopic (exact) mass is 199 g/mol. The molecule has 4 N–H and O–H groups in total. The van der Waals surface area contributed by atoms with E-state index in [1.54, 1.807) is 0 Å². The van der Waals surface area contributed by atoms with Gasteiger partial charge in [0.25, 0.3) is 0 Å². The van der Waals surface area contributed by atoms with Crippen LogP contribution in [0.1, 0.15) is 19.3 Å². The molecule has 0 aromatic rings. The molecule has 0 spiro atoms. The molecule has 2 aliphatic carbocycles. The van der Waals surface area contributed by atoms with Crippen LogP contribution in [-0.2, 0) is 9.59 Å². The summed E-state index contributed by atoms with van der Waals surface area (Å²) in [6, 6.07) is 0. The van der Waals surface area contributed by atoms with E-state index in [-0.39, 0.29) is 11.8 Å². The zero-order valence-electron chi connectivity index (χ0n) is 7.64. The number of hydrogen-bond acceptors (Lipinski definition) is 3. The Hall–Kier alpha value is -1.10. The molecule has 5 nitrogen and oxygen atoms in total. The van der Waals surface area contributed by atoms with Gasteiger partial charge in [-0.25, -0.2) is 0 Å². The maximum Gasteiger partial charge on any atom is 0.324 e. The number of fused-ring (bicyclic) bond motifs is 2. The number of aliphatic carboxylic acids is 2. The van der Waals surface area contributed by atoms with Crippen molar-refractivity contribution >= 4 is 11.9 Å². The van der Waals surface area contributed by atoms with Crippen LogP contribution in [0.4, 0.5) is 0 Å². The summed E-state index contributed by atoms with van der Waals surface area (Å²) in [7, 11) is 0. The second-order valence-electron chi connectivity index (χ2n) is 4.30. The molecular weight excluding hydrogens is 186 g/mol. The van der Waals surface area contributed by atoms with Gasteiger partial charge < -0.3 is 15.9 Å². The fourth-order valence-electron chi connectivity index (χ4n) is 3.09. The Balaban J connectivity index is 2.32. The van der Waals surface area contributed by atoms with Gasteiger partial charge in [-0.15, -0.1) is 0 Å². The Kier molecular flexibility index (Phi) is 1.82. The third-order valence-electron chi connectivity index (χ3n) is 3.83. The first-order valence-corrected chi connectivity index (χ1v) is 4.73. The lowest BCUT2D eigenvalue weighted by molar-refractivity contribution is -0.147. The Labute approximate surface area is 80.9 Å². The molecule has 2 saturated carbocycles. The minimum Gasteiger partial charge on any atom is -0.481 e. The van der Waals surface area contributed by atoms with Crippen LogP contribution in [0, 0.1) is 17.8 Å². The van der Waals surface area contributed by atoms with Crippen molar-refractivity contribution in [1.29, 1.82) is 0 Å². The van der Waals surface area contributed by atoms with Crippen molar-refractivity contribution in [2.45, 2.75) is 24.8 Å². The van der Waals surface area contributed by atoms with Gasteiger partial charge in [-0.3, -0.25) is 9.59 Å². The molecular formula is C9H13NO4. The number of nitrogens with two attached hydrogens (primary N) is 1. The number of carboxylic acid groups (broad SMARTS) is 2. The summed E-state index contributed by atoms with van der Waals surface area (Å²) in [4.78, 5) is 21.9. The van der Waals surface area contributed by atoms with Gasteiger partial charge >= 0.3 is 11.9 Å². The summed E-state index contributed by atoms with van der Waals surface area (Å²) in [6.45, 7) is 0. The molecule has 4 atom stereocenters. The molecule has 0 aliphatic heterocycles. The Morgan fingerprint density at radius 2 is 1.93 bits per heavy atom. The highest BCUT2D eigenvalue weighted by Gasteiger charge is 2.63. The molecule has 2 aliphatic rings. The van der Waals surface area contributed by atoms with E-state index in [0.29, 0.717) is 12.8 Å². The highest BCUT2D eigenvalue weighted by atomic mass is 16.4. The maximum atomic E-state index is 11.0. The van der Waals surface area contributed by atoms with Crippen LogP contribution in [0.3, 0.4) is 0 Å². The van der Waals surface area contributed by atoms with E-state index < -0.39 is 23.4 Å². The van der Waals surface area contributed by atoms with E-state index in [0.717, 1.165) is 6.42 Å². The van der Waals surface area contributed by atoms with Crippen molar-refractivity contribution < 1.29 is 19.8 Å². The predicted molar refractivity (Wildman–Crippen MR) is 46.5 cm³/mol. The Bertz CT molecular complexity index is 303. The van der Waals surface area contributed by atoms with Crippen molar-refractivity contribution in [3.8, 4) is 0 Å². The molecule has 0 aromatic carbocycles. The largest absolute Gasteiger partial charge is 0.481 e. The Morgan fingerprint density at radius 3 is 2.29 bits per heavy atom. The van der Waals surface area contributed by atoms with Crippen LogP contribution >= 0.6 is 0 Å². The molecule has 78 valence electrons. The standard InChI is InChI=1S/C9H13NO4/c10-9(8(13)14)4-1-2-6(9)5(3-4)7(11)12/h4-6H,1-3,10H2,(H,11,12)(H,13,14)/t4-,5-,6-,9-/m0/s1. The number of rotatable bonds is 2. The van der Waals surface area contributed by atoms with Crippen molar-refractivity contribution in [3.63, 3.8) is 0 Å². The number of hydrogen-bond donors (Lipinski definition) is 3. The van der Waals surface area contributed by atoms with Gasteiger partial charge in [0.15, 0.2) is 0 Å². The third-order valence-corrected chi connectivity index (χ3v) is 3.83. The maximum absolute atomic E-state index is 11.0. The summed E-state index contributed by atoms with van der Waals surface area (Å²) in [6.07, 6.45) is 1.80. The molecule has 0 amide bonds. The average Bonchev–Trinajstić information content (AvgIpc) is 2.58. The second-order valence-corrected chi connectivity index (χ2v) is 4.30. The number of carbonyl (C=O) groups is 2. The van der Waals surface area contributed by atoms with Crippen LogP contribution in [0.25, 0.3) is 0 Å². The molecule has 14 heavy (non-hydrogen) atoms. The van der Waals surface area contributed by atoms with E-state index in [1.165, 1.54) is 0 Å². The molecule has 0 radical (unpaired) electrons. The van der Waals surface area contributed by atoms with Gasteiger partial charge in [-0.05, 0) is 25.2 Å². The first kappa shape index (κ1) is 9.45. The quantitative estimate of drug-likeness (QED) is 0.576. The van der Waals surface area contributed by atoms with Crippen LogP contribution in [0.15, 0.2) is 0 Å². The fraction of sp³-hybridized carbons (Fsp3) is 0.778. The first-order valence-electron chi connectivity index (χ1n) is 4.73. The SMILES string of the molecule is N[C@@]1(C(=O)O)[C@H]2CC[C@H]1[C@@H](C(=O)O)C2. The second kappa shape index (κ2) is 2.70. The highest BCUT2D eigenvalue weighted by molar-refractivity contribution is 5.83. The number of carboxylic acids is 2. The summed E-state index contributed by atoms with van der Waals surface area (Å²) in [5, 5.41) is 17.9. The van der Waals surface area contributed by atoms with Crippen LogP contribution < -0.4 is 5.73 Å². The van der Waals surface area contributed by atoms with E-state index in [2.05, 4.69) is 0 Å². The van der Waals surface area contributed by atoms with Gasteiger partial charge in [-0.2, -0.15) is 0 Å².